The summed E-state index contributed by atoms with van der Waals surface area (Å²) in [7, 11) is 0. The summed E-state index contributed by atoms with van der Waals surface area (Å²) in [5.41, 5.74) is 4.97. The molecule has 1 fully saturated rings. The number of benzene rings is 1. The number of nitrogens with one attached hydrogen (secondary N) is 1. The number of anilines is 1. The maximum atomic E-state index is 14.1. The minimum atomic E-state index is -0.204. The molecule has 0 spiro atoms. The van der Waals surface area contributed by atoms with Crippen molar-refractivity contribution in [2.45, 2.75) is 83.7 Å². The third-order valence-electron chi connectivity index (χ3n) is 7.22. The van der Waals surface area contributed by atoms with Gasteiger partial charge in [0.05, 0.1) is 24.5 Å². The first-order chi connectivity index (χ1) is 17.1. The van der Waals surface area contributed by atoms with E-state index in [4.69, 9.17) is 4.98 Å². The van der Waals surface area contributed by atoms with Crippen LogP contribution in [0, 0.1) is 5.82 Å². The molecule has 0 radical (unpaired) electrons. The summed E-state index contributed by atoms with van der Waals surface area (Å²) in [6, 6.07) is 7.48. The van der Waals surface area contributed by atoms with Gasteiger partial charge in [0.15, 0.2) is 5.65 Å². The number of halogens is 1. The summed E-state index contributed by atoms with van der Waals surface area (Å²) in [6.07, 6.45) is 18.5. The molecule has 1 aliphatic rings. The standard InChI is InChI=1S/C28H35FN6/c1-3-4-6-9-21-12-13-23(29)16-25(21)20(2)32-27-14-15-34-28(33-27)26(18-31-34)22-17-30-35(19-22)24-10-7-5-8-11-24/h12-20,24H,3-11H2,1-2H3,(H,32,33). The molecule has 1 N–H and O–H groups in total. The highest BCUT2D eigenvalue weighted by Crippen LogP contribution is 2.31. The molecular formula is C28H35FN6. The normalized spacial score (nSPS) is 15.5. The van der Waals surface area contributed by atoms with Gasteiger partial charge in [0.2, 0.25) is 0 Å². The molecule has 4 aromatic rings. The lowest BCUT2D eigenvalue weighted by molar-refractivity contribution is 0.329. The van der Waals surface area contributed by atoms with Gasteiger partial charge in [-0.05, 0) is 61.9 Å². The molecule has 1 atom stereocenters. The zero-order chi connectivity index (χ0) is 24.2. The molecule has 3 heterocycles. The van der Waals surface area contributed by atoms with Crippen molar-refractivity contribution in [3.63, 3.8) is 0 Å². The van der Waals surface area contributed by atoms with Crippen LogP contribution in [0.1, 0.15) is 88.4 Å². The summed E-state index contributed by atoms with van der Waals surface area (Å²) < 4.78 is 18.0. The first-order valence-electron chi connectivity index (χ1n) is 13.1. The molecular weight excluding hydrogens is 439 g/mol. The topological polar surface area (TPSA) is 60.0 Å². The Morgan fingerprint density at radius 1 is 1.09 bits per heavy atom. The molecule has 0 amide bonds. The quantitative estimate of drug-likeness (QED) is 0.262. The van der Waals surface area contributed by atoms with E-state index in [1.165, 1.54) is 50.5 Å². The lowest BCUT2D eigenvalue weighted by atomic mass is 9.96. The zero-order valence-electron chi connectivity index (χ0n) is 20.8. The van der Waals surface area contributed by atoms with E-state index in [-0.39, 0.29) is 11.9 Å². The maximum Gasteiger partial charge on any atom is 0.165 e. The predicted octanol–water partition coefficient (Wildman–Crippen LogP) is 7.14. The Bertz CT molecular complexity index is 1270. The van der Waals surface area contributed by atoms with Gasteiger partial charge in [-0.2, -0.15) is 10.2 Å². The molecule has 1 saturated carbocycles. The Kier molecular flexibility index (Phi) is 7.11. The molecule has 184 valence electrons. The van der Waals surface area contributed by atoms with Gasteiger partial charge in [0.25, 0.3) is 0 Å². The lowest BCUT2D eigenvalue weighted by Gasteiger charge is -2.21. The molecule has 1 unspecified atom stereocenters. The minimum absolute atomic E-state index is 0.0716. The number of hydrogen-bond donors (Lipinski definition) is 1. The second kappa shape index (κ2) is 10.6. The minimum Gasteiger partial charge on any atom is -0.363 e. The Hall–Kier alpha value is -3.22. The lowest BCUT2D eigenvalue weighted by Crippen LogP contribution is -2.12. The molecule has 0 aliphatic heterocycles. The smallest absolute Gasteiger partial charge is 0.165 e. The van der Waals surface area contributed by atoms with Crippen molar-refractivity contribution in [2.24, 2.45) is 0 Å². The van der Waals surface area contributed by atoms with Crippen LogP contribution in [0.5, 0.6) is 0 Å². The molecule has 1 aromatic carbocycles. The van der Waals surface area contributed by atoms with E-state index in [9.17, 15) is 4.39 Å². The number of rotatable bonds is 9. The summed E-state index contributed by atoms with van der Waals surface area (Å²) in [5, 5.41) is 12.7. The summed E-state index contributed by atoms with van der Waals surface area (Å²) in [5.74, 6) is 0.541. The maximum absolute atomic E-state index is 14.1. The van der Waals surface area contributed by atoms with E-state index in [2.05, 4.69) is 40.2 Å². The highest BCUT2D eigenvalue weighted by molar-refractivity contribution is 5.76. The summed E-state index contributed by atoms with van der Waals surface area (Å²) in [6.45, 7) is 4.26. The number of unbranched alkanes of at least 4 members (excludes halogenated alkanes) is 2. The Morgan fingerprint density at radius 3 is 2.77 bits per heavy atom. The van der Waals surface area contributed by atoms with Crippen LogP contribution >= 0.6 is 0 Å². The zero-order valence-corrected chi connectivity index (χ0v) is 20.8. The van der Waals surface area contributed by atoms with E-state index in [0.717, 1.165) is 41.0 Å². The van der Waals surface area contributed by atoms with Crippen LogP contribution in [-0.4, -0.2) is 24.4 Å². The Labute approximate surface area is 206 Å². The molecule has 7 heteroatoms. The van der Waals surface area contributed by atoms with Gasteiger partial charge in [-0.3, -0.25) is 4.68 Å². The van der Waals surface area contributed by atoms with Crippen molar-refractivity contribution in [1.82, 2.24) is 24.4 Å². The first kappa shape index (κ1) is 23.5. The van der Waals surface area contributed by atoms with Crippen molar-refractivity contribution in [2.75, 3.05) is 5.32 Å². The van der Waals surface area contributed by atoms with Crippen molar-refractivity contribution >= 4 is 11.5 Å². The van der Waals surface area contributed by atoms with E-state index >= 15 is 0 Å². The highest BCUT2D eigenvalue weighted by Gasteiger charge is 2.18. The number of fused-ring (bicyclic) bond motifs is 1. The number of aromatic nitrogens is 5. The third kappa shape index (κ3) is 5.24. The van der Waals surface area contributed by atoms with Crippen LogP contribution in [0.25, 0.3) is 16.8 Å². The highest BCUT2D eigenvalue weighted by atomic mass is 19.1. The molecule has 1 aliphatic carbocycles. The Morgan fingerprint density at radius 2 is 1.94 bits per heavy atom. The van der Waals surface area contributed by atoms with E-state index in [1.54, 1.807) is 16.6 Å². The summed E-state index contributed by atoms with van der Waals surface area (Å²) in [4.78, 5) is 4.88. The number of aryl methyl sites for hydroxylation is 1. The van der Waals surface area contributed by atoms with Gasteiger partial charge in [0.1, 0.15) is 11.6 Å². The average Bonchev–Trinajstić information content (AvgIpc) is 3.52. The fraction of sp³-hybridized carbons (Fsp3) is 0.464. The molecule has 6 nitrogen and oxygen atoms in total. The van der Waals surface area contributed by atoms with E-state index in [1.807, 2.05) is 30.7 Å². The molecule has 0 saturated heterocycles. The van der Waals surface area contributed by atoms with Gasteiger partial charge in [-0.25, -0.2) is 13.9 Å². The fourth-order valence-electron chi connectivity index (χ4n) is 5.24. The van der Waals surface area contributed by atoms with Crippen molar-refractivity contribution in [3.05, 3.63) is 66.0 Å². The van der Waals surface area contributed by atoms with Gasteiger partial charge in [-0.1, -0.05) is 45.1 Å². The second-order valence-corrected chi connectivity index (χ2v) is 9.81. The SMILES string of the molecule is CCCCCc1ccc(F)cc1C(C)Nc1ccn2ncc(-c3cnn(C4CCCCC4)c3)c2n1. The van der Waals surface area contributed by atoms with Crippen molar-refractivity contribution in [1.29, 1.82) is 0 Å². The molecule has 5 rings (SSSR count). The first-order valence-corrected chi connectivity index (χ1v) is 13.1. The summed E-state index contributed by atoms with van der Waals surface area (Å²) >= 11 is 0. The van der Waals surface area contributed by atoms with E-state index < -0.39 is 0 Å². The van der Waals surface area contributed by atoms with Gasteiger partial charge >= 0.3 is 0 Å². The predicted molar refractivity (Wildman–Crippen MR) is 138 cm³/mol. The largest absolute Gasteiger partial charge is 0.363 e. The van der Waals surface area contributed by atoms with Crippen LogP contribution in [-0.2, 0) is 6.42 Å². The van der Waals surface area contributed by atoms with Crippen molar-refractivity contribution < 1.29 is 4.39 Å². The second-order valence-electron chi connectivity index (χ2n) is 9.81. The molecule has 3 aromatic heterocycles. The van der Waals surface area contributed by atoms with Gasteiger partial charge in [0, 0.05) is 23.5 Å². The molecule has 35 heavy (non-hydrogen) atoms. The van der Waals surface area contributed by atoms with Gasteiger partial charge < -0.3 is 5.32 Å². The number of hydrogen-bond acceptors (Lipinski definition) is 4. The van der Waals surface area contributed by atoms with Gasteiger partial charge in [-0.15, -0.1) is 0 Å². The Balaban J connectivity index is 1.38. The van der Waals surface area contributed by atoms with E-state index in [0.29, 0.717) is 6.04 Å². The third-order valence-corrected chi connectivity index (χ3v) is 7.22. The van der Waals surface area contributed by atoms with Crippen LogP contribution in [0.15, 0.2) is 49.1 Å². The van der Waals surface area contributed by atoms with Crippen LogP contribution < -0.4 is 5.32 Å². The fourth-order valence-corrected chi connectivity index (χ4v) is 5.24. The molecule has 0 bridgehead atoms. The van der Waals surface area contributed by atoms with Crippen LogP contribution in [0.3, 0.4) is 0 Å². The number of nitrogens with zero attached hydrogens (tertiary/aromatic N) is 5. The average molecular weight is 475 g/mol. The van der Waals surface area contributed by atoms with Crippen LogP contribution in [0.4, 0.5) is 10.2 Å². The monoisotopic (exact) mass is 474 g/mol. The van der Waals surface area contributed by atoms with Crippen molar-refractivity contribution in [3.8, 4) is 11.1 Å². The van der Waals surface area contributed by atoms with Crippen LogP contribution in [0.2, 0.25) is 0 Å².